The van der Waals surface area contributed by atoms with E-state index in [2.05, 4.69) is 51.9 Å². The van der Waals surface area contributed by atoms with Crippen molar-refractivity contribution in [2.75, 3.05) is 0 Å². The van der Waals surface area contributed by atoms with Gasteiger partial charge in [-0.3, -0.25) is 4.68 Å². The predicted octanol–water partition coefficient (Wildman–Crippen LogP) is 8.00. The molecule has 2 rings (SSSR count). The van der Waals surface area contributed by atoms with E-state index in [0.717, 1.165) is 19.3 Å². The molecule has 0 saturated heterocycles. The van der Waals surface area contributed by atoms with Crippen LogP contribution in [0.25, 0.3) is 0 Å². The van der Waals surface area contributed by atoms with Crippen LogP contribution in [0, 0.1) is 30.6 Å². The predicted molar refractivity (Wildman–Crippen MR) is 140 cm³/mol. The molecule has 1 aromatic heterocycles. The molecular weight excluding hydrogens is 483 g/mol. The molecule has 0 saturated carbocycles. The van der Waals surface area contributed by atoms with E-state index in [4.69, 9.17) is 0 Å². The normalized spacial score (nSPS) is 14.2. The van der Waals surface area contributed by atoms with Gasteiger partial charge in [-0.1, -0.05) is 99.6 Å². The molecule has 5 heteroatoms. The number of carbonyl (C=O) groups excluding carboxylic acids is 1. The quantitative estimate of drug-likeness (QED) is 0.365. The van der Waals surface area contributed by atoms with Gasteiger partial charge in [0.2, 0.25) is 0 Å². The molecule has 1 unspecified atom stereocenters. The standard InChI is InChI=1S/C12H23O.C9H15N3.C5H11.C2H6.Y/c1-9(8-11(2,3)4)10(13)12(5,6)7;1-12-9-7-5-3-2-4-6-8(9)10-11-12;1-3-5-4-2;1-2;/h9H,1,8H2,2-7H3;2-7H2,1H3;1,3-5H2,2H3;1-2H3;/q-1;;-1;;. The zero-order valence-corrected chi connectivity index (χ0v) is 26.7. The Hall–Kier alpha value is -0.0861. The summed E-state index contributed by atoms with van der Waals surface area (Å²) in [5.74, 6) is 0.197. The Morgan fingerprint density at radius 3 is 1.94 bits per heavy atom. The summed E-state index contributed by atoms with van der Waals surface area (Å²) in [5, 5.41) is 8.22. The maximum absolute atomic E-state index is 11.8. The summed E-state index contributed by atoms with van der Waals surface area (Å²) in [4.78, 5) is 11.8. The van der Waals surface area contributed by atoms with E-state index in [9.17, 15) is 4.79 Å². The molecule has 0 fully saturated rings. The van der Waals surface area contributed by atoms with Gasteiger partial charge in [0.15, 0.2) is 0 Å². The summed E-state index contributed by atoms with van der Waals surface area (Å²) in [6, 6.07) is 0. The molecule has 0 spiro atoms. The van der Waals surface area contributed by atoms with E-state index in [1.165, 1.54) is 56.3 Å². The van der Waals surface area contributed by atoms with Crippen molar-refractivity contribution in [1.82, 2.24) is 15.0 Å². The Balaban J connectivity index is -0.000000418. The number of Topliss-reactive ketones (excluding diaryl/α,β-unsaturated/α-hetero) is 1. The van der Waals surface area contributed by atoms with Gasteiger partial charge in [-0.05, 0) is 31.1 Å². The number of carbonyl (C=O) groups is 1. The maximum atomic E-state index is 11.8. The molecular formula is C28H55N3OY-2. The monoisotopic (exact) mass is 538 g/mol. The second kappa shape index (κ2) is 20.1. The Morgan fingerprint density at radius 1 is 1.03 bits per heavy atom. The van der Waals surface area contributed by atoms with Gasteiger partial charge in [0.05, 0.1) is 11.4 Å². The number of aromatic nitrogens is 3. The number of hydrogen-bond acceptors (Lipinski definition) is 3. The number of nitrogens with zero attached hydrogens (tertiary/aromatic N) is 3. The molecule has 33 heavy (non-hydrogen) atoms. The minimum Gasteiger partial charge on any atom is -0.343 e. The molecule has 4 nitrogen and oxygen atoms in total. The van der Waals surface area contributed by atoms with Gasteiger partial charge in [0.1, 0.15) is 5.78 Å². The summed E-state index contributed by atoms with van der Waals surface area (Å²) in [6.07, 6.45) is 12.1. The summed E-state index contributed by atoms with van der Waals surface area (Å²) >= 11 is 0. The average molecular weight is 539 g/mol. The first kappa shape index (κ1) is 37.5. The van der Waals surface area contributed by atoms with Crippen LogP contribution < -0.4 is 0 Å². The zero-order valence-electron chi connectivity index (χ0n) is 23.9. The van der Waals surface area contributed by atoms with Crippen molar-refractivity contribution < 1.29 is 37.5 Å². The van der Waals surface area contributed by atoms with Crippen LogP contribution in [0.5, 0.6) is 0 Å². The van der Waals surface area contributed by atoms with Crippen LogP contribution in [0.2, 0.25) is 0 Å². The topological polar surface area (TPSA) is 47.8 Å². The Bertz CT molecular complexity index is 595. The summed E-state index contributed by atoms with van der Waals surface area (Å²) in [5.41, 5.74) is 2.53. The largest absolute Gasteiger partial charge is 0.343 e. The van der Waals surface area contributed by atoms with Gasteiger partial charge in [0.25, 0.3) is 0 Å². The smallest absolute Gasteiger partial charge is 0.111 e. The van der Waals surface area contributed by atoms with Crippen molar-refractivity contribution in [3.8, 4) is 0 Å². The molecule has 0 amide bonds. The molecule has 1 radical (unpaired) electrons. The SMILES string of the molecule is CC.Cn1nnc2c1CCCCCC2.[CH2-]C(CC(C)(C)C)C(=O)C(C)(C)C.[CH2-]CCCC.[Y]. The summed E-state index contributed by atoms with van der Waals surface area (Å²) < 4.78 is 1.93. The van der Waals surface area contributed by atoms with Crippen molar-refractivity contribution in [3.05, 3.63) is 25.2 Å². The second-order valence-corrected chi connectivity index (χ2v) is 10.8. The Morgan fingerprint density at radius 2 is 1.55 bits per heavy atom. The summed E-state index contributed by atoms with van der Waals surface area (Å²) in [6.45, 7) is 26.1. The fourth-order valence-electron chi connectivity index (χ4n) is 3.55. The van der Waals surface area contributed by atoms with Crippen molar-refractivity contribution in [2.24, 2.45) is 23.8 Å². The third kappa shape index (κ3) is 18.9. The van der Waals surface area contributed by atoms with Gasteiger partial charge in [-0.25, -0.2) is 0 Å². The van der Waals surface area contributed by atoms with Crippen LogP contribution in [0.15, 0.2) is 0 Å². The molecule has 1 heterocycles. The number of hydrogen-bond donors (Lipinski definition) is 0. The fourth-order valence-corrected chi connectivity index (χ4v) is 3.55. The first-order valence-corrected chi connectivity index (χ1v) is 12.9. The second-order valence-electron chi connectivity index (χ2n) is 10.8. The van der Waals surface area contributed by atoms with E-state index >= 15 is 0 Å². The molecule has 1 aliphatic rings. The van der Waals surface area contributed by atoms with Crippen LogP contribution in [0.1, 0.15) is 125 Å². The number of rotatable bonds is 4. The van der Waals surface area contributed by atoms with Gasteiger partial charge in [0, 0.05) is 45.2 Å². The van der Waals surface area contributed by atoms with E-state index in [0.29, 0.717) is 0 Å². The number of aryl methyl sites for hydroxylation is 2. The van der Waals surface area contributed by atoms with E-state index in [-0.39, 0.29) is 55.2 Å². The summed E-state index contributed by atoms with van der Waals surface area (Å²) in [7, 11) is 1.99. The number of ketones is 1. The number of fused-ring (bicyclic) bond motifs is 1. The van der Waals surface area contributed by atoms with Crippen LogP contribution in [-0.4, -0.2) is 20.8 Å². The van der Waals surface area contributed by atoms with Crippen LogP contribution in [0.3, 0.4) is 0 Å². The molecule has 1 aliphatic carbocycles. The number of unbranched alkanes of at least 4 members (excludes halogenated alkanes) is 2. The average Bonchev–Trinajstić information content (AvgIpc) is 3.00. The Labute approximate surface area is 232 Å². The van der Waals surface area contributed by atoms with Crippen molar-refractivity contribution in [2.45, 2.75) is 127 Å². The fraction of sp³-hybridized carbons (Fsp3) is 0.821. The Kier molecular flexibility index (Phi) is 22.9. The van der Waals surface area contributed by atoms with Gasteiger partial charge < -0.3 is 18.6 Å². The van der Waals surface area contributed by atoms with Crippen molar-refractivity contribution >= 4 is 5.78 Å². The molecule has 0 N–H and O–H groups in total. The molecule has 1 aromatic rings. The molecule has 1 atom stereocenters. The van der Waals surface area contributed by atoms with Gasteiger partial charge in [-0.2, -0.15) is 6.42 Å². The van der Waals surface area contributed by atoms with Crippen LogP contribution >= 0.6 is 0 Å². The van der Waals surface area contributed by atoms with Gasteiger partial charge in [-0.15, -0.1) is 11.0 Å². The van der Waals surface area contributed by atoms with Crippen molar-refractivity contribution in [3.63, 3.8) is 0 Å². The van der Waals surface area contributed by atoms with Gasteiger partial charge >= 0.3 is 0 Å². The molecule has 0 aliphatic heterocycles. The first-order valence-electron chi connectivity index (χ1n) is 12.9. The van der Waals surface area contributed by atoms with E-state index < -0.39 is 0 Å². The van der Waals surface area contributed by atoms with Crippen LogP contribution in [0.4, 0.5) is 0 Å². The van der Waals surface area contributed by atoms with E-state index in [1.807, 2.05) is 46.3 Å². The zero-order chi connectivity index (χ0) is 25.4. The third-order valence-electron chi connectivity index (χ3n) is 5.17. The maximum Gasteiger partial charge on any atom is 0.111 e. The molecule has 0 bridgehead atoms. The molecule has 193 valence electrons. The van der Waals surface area contributed by atoms with E-state index in [1.54, 1.807) is 0 Å². The van der Waals surface area contributed by atoms with Crippen LogP contribution in [-0.2, 0) is 57.4 Å². The third-order valence-corrected chi connectivity index (χ3v) is 5.17. The molecule has 0 aromatic carbocycles. The van der Waals surface area contributed by atoms with Crippen molar-refractivity contribution in [1.29, 1.82) is 0 Å². The minimum absolute atomic E-state index is 0. The minimum atomic E-state index is -0.252. The first-order chi connectivity index (χ1) is 14.8.